The third-order valence-corrected chi connectivity index (χ3v) is 5.46. The predicted molar refractivity (Wildman–Crippen MR) is 78.6 cm³/mol. The zero-order chi connectivity index (χ0) is 14.3. The van der Waals surface area contributed by atoms with Crippen molar-refractivity contribution in [1.29, 1.82) is 5.26 Å². The van der Waals surface area contributed by atoms with E-state index < -0.39 is 0 Å². The van der Waals surface area contributed by atoms with Gasteiger partial charge in [0.05, 0.1) is 11.6 Å². The van der Waals surface area contributed by atoms with E-state index in [2.05, 4.69) is 52.1 Å². The van der Waals surface area contributed by atoms with Crippen molar-refractivity contribution < 1.29 is 0 Å². The lowest BCUT2D eigenvalue weighted by Crippen LogP contribution is -2.23. The second-order valence-electron chi connectivity index (χ2n) is 6.86. The lowest BCUT2D eigenvalue weighted by Gasteiger charge is -2.15. The van der Waals surface area contributed by atoms with Crippen LogP contribution in [0, 0.1) is 28.1 Å². The van der Waals surface area contributed by atoms with Gasteiger partial charge in [0.1, 0.15) is 0 Å². The van der Waals surface area contributed by atoms with Crippen molar-refractivity contribution in [2.24, 2.45) is 16.7 Å². The number of hydrogen-bond donors (Lipinski definition) is 1. The van der Waals surface area contributed by atoms with Gasteiger partial charge in [0, 0.05) is 6.04 Å². The van der Waals surface area contributed by atoms with Gasteiger partial charge in [-0.05, 0) is 47.9 Å². The maximum Gasteiger partial charge on any atom is 0.0991 e. The average Bonchev–Trinajstić information content (AvgIpc) is 2.77. The van der Waals surface area contributed by atoms with Gasteiger partial charge in [-0.2, -0.15) is 5.26 Å². The minimum absolute atomic E-state index is 0.292. The Balaban J connectivity index is 1.96. The summed E-state index contributed by atoms with van der Waals surface area (Å²) in [5.41, 5.74) is 2.77. The van der Waals surface area contributed by atoms with Crippen molar-refractivity contribution in [1.82, 2.24) is 5.32 Å². The Kier molecular flexibility index (Phi) is 3.45. The molecule has 2 rings (SSSR count). The third-order valence-electron chi connectivity index (χ3n) is 5.46. The largest absolute Gasteiger partial charge is 0.310 e. The van der Waals surface area contributed by atoms with Crippen LogP contribution in [0.5, 0.6) is 0 Å². The van der Waals surface area contributed by atoms with Crippen molar-refractivity contribution in [3.63, 3.8) is 0 Å². The number of hydrogen-bond acceptors (Lipinski definition) is 2. The molecule has 0 amide bonds. The molecule has 1 aromatic carbocycles. The van der Waals surface area contributed by atoms with E-state index >= 15 is 0 Å². The quantitative estimate of drug-likeness (QED) is 0.887. The molecule has 0 radical (unpaired) electrons. The van der Waals surface area contributed by atoms with Gasteiger partial charge in [0.15, 0.2) is 0 Å². The number of nitrogens with zero attached hydrogens (tertiary/aromatic N) is 1. The molecule has 1 aliphatic rings. The highest BCUT2D eigenvalue weighted by Crippen LogP contribution is 2.68. The predicted octanol–water partition coefficient (Wildman–Crippen LogP) is 3.89. The van der Waals surface area contributed by atoms with Crippen LogP contribution in [0.25, 0.3) is 0 Å². The summed E-state index contributed by atoms with van der Waals surface area (Å²) < 4.78 is 0. The molecule has 1 unspecified atom stereocenters. The fraction of sp³-hybridized carbons (Fsp3) is 0.588. The van der Waals surface area contributed by atoms with Crippen molar-refractivity contribution in [3.8, 4) is 6.07 Å². The van der Waals surface area contributed by atoms with Crippen LogP contribution in [-0.4, -0.2) is 6.54 Å². The van der Waals surface area contributed by atoms with E-state index in [-0.39, 0.29) is 0 Å². The van der Waals surface area contributed by atoms with Crippen LogP contribution in [0.15, 0.2) is 24.3 Å². The van der Waals surface area contributed by atoms with Crippen LogP contribution < -0.4 is 5.32 Å². The topological polar surface area (TPSA) is 35.8 Å². The molecule has 2 nitrogen and oxygen atoms in total. The summed E-state index contributed by atoms with van der Waals surface area (Å²) >= 11 is 0. The van der Waals surface area contributed by atoms with Gasteiger partial charge in [-0.1, -0.05) is 39.8 Å². The molecular weight excluding hydrogens is 232 g/mol. The van der Waals surface area contributed by atoms with Crippen molar-refractivity contribution >= 4 is 0 Å². The zero-order valence-corrected chi connectivity index (χ0v) is 12.6. The lowest BCUT2D eigenvalue weighted by atomic mass is 10.0. The molecule has 1 fully saturated rings. The summed E-state index contributed by atoms with van der Waals surface area (Å²) in [6.45, 7) is 12.6. The molecule has 19 heavy (non-hydrogen) atoms. The number of rotatable bonds is 4. The lowest BCUT2D eigenvalue weighted by molar-refractivity contribution is 0.457. The van der Waals surface area contributed by atoms with Gasteiger partial charge in [-0.3, -0.25) is 0 Å². The van der Waals surface area contributed by atoms with Crippen LogP contribution in [0.1, 0.15) is 51.8 Å². The maximum atomic E-state index is 8.94. The molecular formula is C17H24N2. The Labute approximate surface area is 116 Å². The smallest absolute Gasteiger partial charge is 0.0991 e. The number of benzene rings is 1. The zero-order valence-electron chi connectivity index (χ0n) is 12.6. The first kappa shape index (κ1) is 14.1. The van der Waals surface area contributed by atoms with E-state index in [4.69, 9.17) is 5.26 Å². The van der Waals surface area contributed by atoms with Crippen LogP contribution >= 0.6 is 0 Å². The summed E-state index contributed by atoms with van der Waals surface area (Å²) in [4.78, 5) is 0. The highest BCUT2D eigenvalue weighted by molar-refractivity contribution is 5.34. The van der Waals surface area contributed by atoms with Crippen molar-refractivity contribution in [2.75, 3.05) is 6.54 Å². The molecule has 0 aromatic heterocycles. The summed E-state index contributed by atoms with van der Waals surface area (Å²) in [5, 5.41) is 12.6. The first-order valence-electron chi connectivity index (χ1n) is 7.04. The Bertz CT molecular complexity index is 494. The molecule has 0 saturated heterocycles. The fourth-order valence-electron chi connectivity index (χ4n) is 3.13. The van der Waals surface area contributed by atoms with Gasteiger partial charge < -0.3 is 5.32 Å². The van der Waals surface area contributed by atoms with Crippen LogP contribution in [0.3, 0.4) is 0 Å². The van der Waals surface area contributed by atoms with Crippen molar-refractivity contribution in [3.05, 3.63) is 35.4 Å². The average molecular weight is 256 g/mol. The van der Waals surface area contributed by atoms with E-state index in [0.717, 1.165) is 18.0 Å². The summed E-state index contributed by atoms with van der Waals surface area (Å²) in [6, 6.07) is 10.4. The second kappa shape index (κ2) is 4.65. The standard InChI is InChI=1S/C17H24N2/c1-12(14-8-6-7-13(9-14)10-18)19-11-15-16(2,3)17(15,4)5/h6-9,12,15,19H,11H2,1-5H3. The van der Waals surface area contributed by atoms with Crippen molar-refractivity contribution in [2.45, 2.75) is 40.7 Å². The van der Waals surface area contributed by atoms with Gasteiger partial charge in [0.2, 0.25) is 0 Å². The molecule has 0 aliphatic heterocycles. The molecule has 102 valence electrons. The van der Waals surface area contributed by atoms with Crippen LogP contribution in [0.2, 0.25) is 0 Å². The first-order chi connectivity index (χ1) is 8.80. The van der Waals surface area contributed by atoms with Gasteiger partial charge >= 0.3 is 0 Å². The first-order valence-corrected chi connectivity index (χ1v) is 7.04. The van der Waals surface area contributed by atoms with E-state index in [9.17, 15) is 0 Å². The monoisotopic (exact) mass is 256 g/mol. The fourth-order valence-corrected chi connectivity index (χ4v) is 3.13. The number of nitriles is 1. The summed E-state index contributed by atoms with van der Waals surface area (Å²) in [5.74, 6) is 0.724. The second-order valence-corrected chi connectivity index (χ2v) is 6.86. The molecule has 1 saturated carbocycles. The van der Waals surface area contributed by atoms with E-state index in [0.29, 0.717) is 16.9 Å². The Morgan fingerprint density at radius 2 is 1.89 bits per heavy atom. The highest BCUT2D eigenvalue weighted by Gasteiger charge is 2.63. The summed E-state index contributed by atoms with van der Waals surface area (Å²) in [6.07, 6.45) is 0. The molecule has 1 N–H and O–H groups in total. The summed E-state index contributed by atoms with van der Waals surface area (Å²) in [7, 11) is 0. The molecule has 1 aromatic rings. The SMILES string of the molecule is CC(NCC1C(C)(C)C1(C)C)c1cccc(C#N)c1. The number of nitrogens with one attached hydrogen (secondary N) is 1. The molecule has 2 heteroatoms. The van der Waals surface area contributed by atoms with Crippen LogP contribution in [-0.2, 0) is 0 Å². The Morgan fingerprint density at radius 3 is 2.42 bits per heavy atom. The maximum absolute atomic E-state index is 8.94. The molecule has 0 heterocycles. The molecule has 0 bridgehead atoms. The van der Waals surface area contributed by atoms with E-state index in [1.165, 1.54) is 5.56 Å². The van der Waals surface area contributed by atoms with E-state index in [1.54, 1.807) is 0 Å². The van der Waals surface area contributed by atoms with Crippen LogP contribution in [0.4, 0.5) is 0 Å². The van der Waals surface area contributed by atoms with Gasteiger partial charge in [0.25, 0.3) is 0 Å². The van der Waals surface area contributed by atoms with Gasteiger partial charge in [-0.25, -0.2) is 0 Å². The Morgan fingerprint density at radius 1 is 1.26 bits per heavy atom. The normalized spacial score (nSPS) is 21.7. The molecule has 0 spiro atoms. The Hall–Kier alpha value is -1.33. The minimum Gasteiger partial charge on any atom is -0.310 e. The molecule has 1 aliphatic carbocycles. The highest BCUT2D eigenvalue weighted by atomic mass is 14.9. The van der Waals surface area contributed by atoms with Gasteiger partial charge in [-0.15, -0.1) is 0 Å². The third kappa shape index (κ3) is 2.40. The van der Waals surface area contributed by atoms with E-state index in [1.807, 2.05) is 18.2 Å². The molecule has 1 atom stereocenters. The minimum atomic E-state index is 0.292.